The van der Waals surface area contributed by atoms with E-state index in [-0.39, 0.29) is 11.9 Å². The Morgan fingerprint density at radius 3 is 2.41 bits per heavy atom. The van der Waals surface area contributed by atoms with Crippen molar-refractivity contribution in [2.45, 2.75) is 39.5 Å². The smallest absolute Gasteiger partial charge is 0.254 e. The van der Waals surface area contributed by atoms with Gasteiger partial charge in [-0.25, -0.2) is 4.39 Å². The lowest BCUT2D eigenvalue weighted by atomic mass is 10.1. The normalized spacial score (nSPS) is 11.7. The number of carbonyl (C=O) groups excluding carboxylic acids is 1. The van der Waals surface area contributed by atoms with Crippen LogP contribution in [0.3, 0.4) is 0 Å². The predicted octanol–water partition coefficient (Wildman–Crippen LogP) is 5.85. The molecule has 3 rings (SSSR count). The van der Waals surface area contributed by atoms with Crippen molar-refractivity contribution in [3.63, 3.8) is 0 Å². The van der Waals surface area contributed by atoms with Crippen molar-refractivity contribution in [3.8, 4) is 5.75 Å². The Morgan fingerprint density at radius 2 is 1.69 bits per heavy atom. The van der Waals surface area contributed by atoms with Gasteiger partial charge >= 0.3 is 0 Å². The van der Waals surface area contributed by atoms with Gasteiger partial charge in [0, 0.05) is 18.2 Å². The Bertz CT molecular complexity index is 942. The second-order valence-electron chi connectivity index (χ2n) is 7.12. The summed E-state index contributed by atoms with van der Waals surface area (Å²) in [5.41, 5.74) is 2.43. The zero-order chi connectivity index (χ0) is 20.6. The number of amides is 1. The fraction of sp³-hybridized carbons (Fsp3) is 0.240. The number of benzene rings is 3. The second-order valence-corrected chi connectivity index (χ2v) is 7.12. The van der Waals surface area contributed by atoms with Crippen LogP contribution in [0.5, 0.6) is 5.75 Å². The summed E-state index contributed by atoms with van der Waals surface area (Å²) in [5.74, 6) is 0.180. The maximum Gasteiger partial charge on any atom is 0.254 e. The Hall–Kier alpha value is -3.14. The van der Waals surface area contributed by atoms with Gasteiger partial charge in [-0.3, -0.25) is 4.79 Å². The summed E-state index contributed by atoms with van der Waals surface area (Å²) in [7, 11) is 0. The highest BCUT2D eigenvalue weighted by atomic mass is 19.1. The number of halogens is 1. The first kappa shape index (κ1) is 20.6. The first-order chi connectivity index (χ1) is 14.1. The average Bonchev–Trinajstić information content (AvgIpc) is 2.76. The molecule has 0 saturated carbocycles. The van der Waals surface area contributed by atoms with E-state index >= 15 is 0 Å². The first-order valence-electron chi connectivity index (χ1n) is 9.89. The summed E-state index contributed by atoms with van der Waals surface area (Å²) in [4.78, 5) is 14.8. The molecule has 0 N–H and O–H groups in total. The maximum atomic E-state index is 13.6. The molecule has 0 aliphatic heterocycles. The van der Waals surface area contributed by atoms with Gasteiger partial charge in [0.25, 0.3) is 5.91 Å². The van der Waals surface area contributed by atoms with E-state index in [2.05, 4.69) is 0 Å². The lowest BCUT2D eigenvalue weighted by molar-refractivity contribution is 0.0671. The van der Waals surface area contributed by atoms with Gasteiger partial charge < -0.3 is 9.64 Å². The van der Waals surface area contributed by atoms with Crippen molar-refractivity contribution in [2.24, 2.45) is 0 Å². The molecular formula is C25H26FNO2. The molecule has 3 aromatic rings. The van der Waals surface area contributed by atoms with E-state index in [0.29, 0.717) is 18.7 Å². The van der Waals surface area contributed by atoms with Gasteiger partial charge in [0.05, 0.1) is 0 Å². The molecule has 150 valence electrons. The Kier molecular flexibility index (Phi) is 7.01. The quantitative estimate of drug-likeness (QED) is 0.482. The van der Waals surface area contributed by atoms with Gasteiger partial charge in [0.2, 0.25) is 0 Å². The summed E-state index contributed by atoms with van der Waals surface area (Å²) in [6.07, 6.45) is 0.811. The van der Waals surface area contributed by atoms with Crippen LogP contribution in [0.15, 0.2) is 78.9 Å². The molecule has 0 spiro atoms. The van der Waals surface area contributed by atoms with Crippen LogP contribution < -0.4 is 4.74 Å². The summed E-state index contributed by atoms with van der Waals surface area (Å²) in [5, 5.41) is 0. The Morgan fingerprint density at radius 1 is 0.966 bits per heavy atom. The van der Waals surface area contributed by atoms with E-state index in [0.717, 1.165) is 23.3 Å². The van der Waals surface area contributed by atoms with Gasteiger partial charge in [0.15, 0.2) is 0 Å². The highest BCUT2D eigenvalue weighted by molar-refractivity contribution is 5.94. The van der Waals surface area contributed by atoms with Gasteiger partial charge in [-0.2, -0.15) is 0 Å². The molecule has 29 heavy (non-hydrogen) atoms. The third-order valence-corrected chi connectivity index (χ3v) is 4.96. The standard InChI is InChI=1S/C25H26FNO2/c1-3-19(2)27(25(28)22-12-8-13-23(26)16-22)17-21-11-7-14-24(15-21)29-18-20-9-5-4-6-10-20/h4-16,19H,3,17-18H2,1-2H3. The van der Waals surface area contributed by atoms with Crippen molar-refractivity contribution in [2.75, 3.05) is 0 Å². The topological polar surface area (TPSA) is 29.5 Å². The predicted molar refractivity (Wildman–Crippen MR) is 113 cm³/mol. The number of hydrogen-bond donors (Lipinski definition) is 0. The van der Waals surface area contributed by atoms with E-state index in [9.17, 15) is 9.18 Å². The van der Waals surface area contributed by atoms with Crippen molar-refractivity contribution in [1.29, 1.82) is 0 Å². The molecule has 1 atom stereocenters. The summed E-state index contributed by atoms with van der Waals surface area (Å²) in [6.45, 7) is 4.97. The average molecular weight is 391 g/mol. The van der Waals surface area contributed by atoms with Crippen molar-refractivity contribution < 1.29 is 13.9 Å². The van der Waals surface area contributed by atoms with Gasteiger partial charge in [-0.05, 0) is 54.8 Å². The minimum absolute atomic E-state index is 0.0275. The summed E-state index contributed by atoms with van der Waals surface area (Å²) in [6, 6.07) is 23.6. The van der Waals surface area contributed by atoms with Gasteiger partial charge in [-0.15, -0.1) is 0 Å². The lowest BCUT2D eigenvalue weighted by Crippen LogP contribution is -2.37. The highest BCUT2D eigenvalue weighted by Crippen LogP contribution is 2.20. The highest BCUT2D eigenvalue weighted by Gasteiger charge is 2.21. The minimum Gasteiger partial charge on any atom is -0.489 e. The molecule has 0 aliphatic carbocycles. The molecule has 0 saturated heterocycles. The van der Waals surface area contributed by atoms with Crippen LogP contribution in [-0.2, 0) is 13.2 Å². The molecule has 0 aliphatic rings. The zero-order valence-corrected chi connectivity index (χ0v) is 16.8. The number of hydrogen-bond acceptors (Lipinski definition) is 2. The van der Waals surface area contributed by atoms with Crippen molar-refractivity contribution in [1.82, 2.24) is 4.90 Å². The van der Waals surface area contributed by atoms with Crippen LogP contribution in [0, 0.1) is 5.82 Å². The second kappa shape index (κ2) is 9.87. The number of nitrogens with zero attached hydrogens (tertiary/aromatic N) is 1. The molecule has 0 radical (unpaired) electrons. The van der Waals surface area contributed by atoms with Crippen molar-refractivity contribution >= 4 is 5.91 Å². The van der Waals surface area contributed by atoms with Crippen LogP contribution in [0.2, 0.25) is 0 Å². The lowest BCUT2D eigenvalue weighted by Gasteiger charge is -2.29. The number of ether oxygens (including phenoxy) is 1. The minimum atomic E-state index is -0.406. The zero-order valence-electron chi connectivity index (χ0n) is 16.8. The third-order valence-electron chi connectivity index (χ3n) is 4.96. The third kappa shape index (κ3) is 5.67. The largest absolute Gasteiger partial charge is 0.489 e. The molecule has 3 aromatic carbocycles. The molecule has 0 bridgehead atoms. The van der Waals surface area contributed by atoms with Gasteiger partial charge in [0.1, 0.15) is 18.2 Å². The van der Waals surface area contributed by atoms with E-state index in [1.165, 1.54) is 12.1 Å². The molecule has 0 fully saturated rings. The Balaban J connectivity index is 1.74. The summed E-state index contributed by atoms with van der Waals surface area (Å²) < 4.78 is 19.5. The molecular weight excluding hydrogens is 365 g/mol. The summed E-state index contributed by atoms with van der Waals surface area (Å²) >= 11 is 0. The van der Waals surface area contributed by atoms with E-state index in [1.54, 1.807) is 17.0 Å². The van der Waals surface area contributed by atoms with E-state index in [1.807, 2.05) is 68.4 Å². The Labute approximate surface area is 171 Å². The van der Waals surface area contributed by atoms with Crippen LogP contribution >= 0.6 is 0 Å². The molecule has 0 aromatic heterocycles. The van der Waals surface area contributed by atoms with Crippen molar-refractivity contribution in [3.05, 3.63) is 101 Å². The van der Waals surface area contributed by atoms with E-state index in [4.69, 9.17) is 4.74 Å². The first-order valence-corrected chi connectivity index (χ1v) is 9.89. The number of carbonyl (C=O) groups is 1. The fourth-order valence-corrected chi connectivity index (χ4v) is 3.11. The molecule has 1 unspecified atom stereocenters. The maximum absolute atomic E-state index is 13.6. The van der Waals surface area contributed by atoms with Crippen LogP contribution in [0.25, 0.3) is 0 Å². The monoisotopic (exact) mass is 391 g/mol. The molecule has 4 heteroatoms. The molecule has 3 nitrogen and oxygen atoms in total. The fourth-order valence-electron chi connectivity index (χ4n) is 3.11. The number of rotatable bonds is 8. The molecule has 0 heterocycles. The molecule has 1 amide bonds. The van der Waals surface area contributed by atoms with Crippen LogP contribution in [0.1, 0.15) is 41.8 Å². The van der Waals surface area contributed by atoms with Crippen LogP contribution in [-0.4, -0.2) is 16.8 Å². The SMILES string of the molecule is CCC(C)N(Cc1cccc(OCc2ccccc2)c1)C(=O)c1cccc(F)c1. The van der Waals surface area contributed by atoms with Crippen LogP contribution in [0.4, 0.5) is 4.39 Å². The van der Waals surface area contributed by atoms with Gasteiger partial charge in [-0.1, -0.05) is 55.5 Å². The van der Waals surface area contributed by atoms with E-state index < -0.39 is 5.82 Å².